The van der Waals surface area contributed by atoms with Gasteiger partial charge in [0.1, 0.15) is 0 Å². The van der Waals surface area contributed by atoms with Gasteiger partial charge in [0.2, 0.25) is 0 Å². The van der Waals surface area contributed by atoms with Gasteiger partial charge < -0.3 is 16.0 Å². The lowest BCUT2D eigenvalue weighted by atomic mass is 10.3. The monoisotopic (exact) mass is 204 g/mol. The first-order valence-corrected chi connectivity index (χ1v) is 4.64. The number of hydrogen-bond donors (Lipinski definition) is 3. The van der Waals surface area contributed by atoms with Crippen molar-refractivity contribution in [3.8, 4) is 0 Å². The van der Waals surface area contributed by atoms with Crippen LogP contribution in [0.3, 0.4) is 0 Å². The van der Waals surface area contributed by atoms with Gasteiger partial charge in [0.15, 0.2) is 11.6 Å². The van der Waals surface area contributed by atoms with E-state index in [0.29, 0.717) is 11.6 Å². The van der Waals surface area contributed by atoms with E-state index in [2.05, 4.69) is 25.3 Å². The third kappa shape index (κ3) is 2.43. The third-order valence-corrected chi connectivity index (χ3v) is 1.97. The zero-order valence-electron chi connectivity index (χ0n) is 8.14. The molecule has 2 aromatic rings. The summed E-state index contributed by atoms with van der Waals surface area (Å²) in [6.07, 6.45) is 7.47. The van der Waals surface area contributed by atoms with E-state index in [4.69, 9.17) is 5.73 Å². The summed E-state index contributed by atoms with van der Waals surface area (Å²) in [7, 11) is 0. The number of rotatable bonds is 4. The normalized spacial score (nSPS) is 10.1. The minimum absolute atomic E-state index is 0.419. The Labute approximate surface area is 87.0 Å². The second-order valence-corrected chi connectivity index (χ2v) is 3.04. The van der Waals surface area contributed by atoms with Crippen LogP contribution in [0, 0.1) is 0 Å². The molecule has 2 heterocycles. The molecule has 78 valence electrons. The van der Waals surface area contributed by atoms with Crippen LogP contribution in [0.25, 0.3) is 0 Å². The van der Waals surface area contributed by atoms with Crippen molar-refractivity contribution in [3.05, 3.63) is 30.6 Å². The number of nitrogens with two attached hydrogens (primary N) is 1. The van der Waals surface area contributed by atoms with E-state index < -0.39 is 0 Å². The van der Waals surface area contributed by atoms with E-state index in [1.165, 1.54) is 0 Å². The summed E-state index contributed by atoms with van der Waals surface area (Å²) in [5, 5.41) is 3.10. The van der Waals surface area contributed by atoms with E-state index in [9.17, 15) is 0 Å². The molecule has 15 heavy (non-hydrogen) atoms. The van der Waals surface area contributed by atoms with Crippen LogP contribution in [-0.2, 0) is 6.42 Å². The summed E-state index contributed by atoms with van der Waals surface area (Å²) in [4.78, 5) is 14.9. The first kappa shape index (κ1) is 9.45. The summed E-state index contributed by atoms with van der Waals surface area (Å²) in [6.45, 7) is 0.741. The van der Waals surface area contributed by atoms with E-state index in [1.807, 2.05) is 0 Å². The lowest BCUT2D eigenvalue weighted by molar-refractivity contribution is 0.965. The SMILES string of the molecule is Nc1nccnc1NCCc1cnc[nH]1. The highest BCUT2D eigenvalue weighted by atomic mass is 15.0. The molecule has 0 atom stereocenters. The smallest absolute Gasteiger partial charge is 0.168 e. The summed E-state index contributed by atoms with van der Waals surface area (Å²) >= 11 is 0. The largest absolute Gasteiger partial charge is 0.381 e. The number of aromatic nitrogens is 4. The van der Waals surface area contributed by atoms with Crippen LogP contribution in [0.15, 0.2) is 24.9 Å². The number of hydrogen-bond acceptors (Lipinski definition) is 5. The Morgan fingerprint density at radius 3 is 2.93 bits per heavy atom. The van der Waals surface area contributed by atoms with Crippen molar-refractivity contribution >= 4 is 11.6 Å². The molecule has 0 amide bonds. The number of nitrogens with zero attached hydrogens (tertiary/aromatic N) is 3. The molecule has 0 aliphatic rings. The molecule has 2 aromatic heterocycles. The maximum atomic E-state index is 5.62. The standard InChI is InChI=1S/C9H12N6/c10-8-9(14-4-3-12-8)13-2-1-7-5-11-6-15-7/h3-6H,1-2H2,(H2,10,12)(H,11,15)(H,13,14). The van der Waals surface area contributed by atoms with E-state index in [1.54, 1.807) is 24.9 Å². The van der Waals surface area contributed by atoms with Crippen LogP contribution in [0.4, 0.5) is 11.6 Å². The first-order chi connectivity index (χ1) is 7.36. The van der Waals surface area contributed by atoms with Crippen molar-refractivity contribution in [3.63, 3.8) is 0 Å². The van der Waals surface area contributed by atoms with Gasteiger partial charge in [0, 0.05) is 37.3 Å². The topological polar surface area (TPSA) is 92.5 Å². The zero-order valence-corrected chi connectivity index (χ0v) is 8.14. The molecular formula is C9H12N6. The molecule has 0 aliphatic heterocycles. The predicted octanol–water partition coefficient (Wildman–Crippen LogP) is 0.436. The molecule has 6 heteroatoms. The molecule has 0 unspecified atom stereocenters. The van der Waals surface area contributed by atoms with Crippen molar-refractivity contribution in [1.29, 1.82) is 0 Å². The molecule has 0 aromatic carbocycles. The second kappa shape index (κ2) is 4.41. The Balaban J connectivity index is 1.86. The summed E-state index contributed by atoms with van der Waals surface area (Å²) in [5.41, 5.74) is 6.70. The van der Waals surface area contributed by atoms with Gasteiger partial charge in [-0.1, -0.05) is 0 Å². The minimum atomic E-state index is 0.419. The highest BCUT2D eigenvalue weighted by molar-refractivity contribution is 5.54. The fraction of sp³-hybridized carbons (Fsp3) is 0.222. The van der Waals surface area contributed by atoms with Crippen LogP contribution in [0.5, 0.6) is 0 Å². The molecular weight excluding hydrogens is 192 g/mol. The Bertz CT molecular complexity index is 410. The fourth-order valence-corrected chi connectivity index (χ4v) is 1.22. The van der Waals surface area contributed by atoms with Crippen molar-refractivity contribution in [1.82, 2.24) is 19.9 Å². The predicted molar refractivity (Wildman–Crippen MR) is 57.2 cm³/mol. The average molecular weight is 204 g/mol. The van der Waals surface area contributed by atoms with E-state index in [-0.39, 0.29) is 0 Å². The van der Waals surface area contributed by atoms with Gasteiger partial charge in [-0.05, 0) is 0 Å². The van der Waals surface area contributed by atoms with Crippen LogP contribution < -0.4 is 11.1 Å². The van der Waals surface area contributed by atoms with Gasteiger partial charge >= 0.3 is 0 Å². The molecule has 0 fully saturated rings. The van der Waals surface area contributed by atoms with Crippen LogP contribution >= 0.6 is 0 Å². The van der Waals surface area contributed by atoms with Crippen molar-refractivity contribution in [2.75, 3.05) is 17.6 Å². The molecule has 2 rings (SSSR count). The molecule has 0 bridgehead atoms. The summed E-state index contributed by atoms with van der Waals surface area (Å²) in [5.74, 6) is 1.04. The van der Waals surface area contributed by atoms with E-state index in [0.717, 1.165) is 18.7 Å². The molecule has 4 N–H and O–H groups in total. The number of nitrogen functional groups attached to an aromatic ring is 1. The fourth-order valence-electron chi connectivity index (χ4n) is 1.22. The highest BCUT2D eigenvalue weighted by Gasteiger charge is 1.99. The van der Waals surface area contributed by atoms with Gasteiger partial charge in [0.05, 0.1) is 6.33 Å². The van der Waals surface area contributed by atoms with Gasteiger partial charge in [0.25, 0.3) is 0 Å². The summed E-state index contributed by atoms with van der Waals surface area (Å²) < 4.78 is 0. The van der Waals surface area contributed by atoms with Gasteiger partial charge in [-0.25, -0.2) is 15.0 Å². The third-order valence-electron chi connectivity index (χ3n) is 1.97. The molecule has 0 saturated carbocycles. The Morgan fingerprint density at radius 1 is 1.33 bits per heavy atom. The average Bonchev–Trinajstić information content (AvgIpc) is 2.74. The number of anilines is 2. The van der Waals surface area contributed by atoms with Crippen molar-refractivity contribution in [2.24, 2.45) is 0 Å². The molecule has 0 radical (unpaired) electrons. The quantitative estimate of drug-likeness (QED) is 0.671. The molecule has 6 nitrogen and oxygen atoms in total. The Hall–Kier alpha value is -2.11. The van der Waals surface area contributed by atoms with Gasteiger partial charge in [-0.15, -0.1) is 0 Å². The van der Waals surface area contributed by atoms with Gasteiger partial charge in [-0.2, -0.15) is 0 Å². The molecule has 0 aliphatic carbocycles. The van der Waals surface area contributed by atoms with Crippen LogP contribution in [0.2, 0.25) is 0 Å². The van der Waals surface area contributed by atoms with Crippen LogP contribution in [0.1, 0.15) is 5.69 Å². The zero-order chi connectivity index (χ0) is 10.5. The first-order valence-electron chi connectivity index (χ1n) is 4.64. The minimum Gasteiger partial charge on any atom is -0.381 e. The second-order valence-electron chi connectivity index (χ2n) is 3.04. The molecule has 0 spiro atoms. The summed E-state index contributed by atoms with van der Waals surface area (Å²) in [6, 6.07) is 0. The highest BCUT2D eigenvalue weighted by Crippen LogP contribution is 2.08. The maximum Gasteiger partial charge on any atom is 0.168 e. The number of imidazole rings is 1. The molecule has 0 saturated heterocycles. The Kier molecular flexibility index (Phi) is 2.77. The van der Waals surface area contributed by atoms with E-state index >= 15 is 0 Å². The number of aromatic amines is 1. The van der Waals surface area contributed by atoms with Crippen molar-refractivity contribution < 1.29 is 0 Å². The number of nitrogens with one attached hydrogen (secondary N) is 2. The lowest BCUT2D eigenvalue weighted by Gasteiger charge is -2.05. The maximum absolute atomic E-state index is 5.62. The Morgan fingerprint density at radius 2 is 2.20 bits per heavy atom. The van der Waals surface area contributed by atoms with Crippen molar-refractivity contribution in [2.45, 2.75) is 6.42 Å². The number of H-pyrrole nitrogens is 1. The lowest BCUT2D eigenvalue weighted by Crippen LogP contribution is -2.09. The van der Waals surface area contributed by atoms with Crippen LogP contribution in [-0.4, -0.2) is 26.5 Å². The van der Waals surface area contributed by atoms with Gasteiger partial charge in [-0.3, -0.25) is 0 Å².